The van der Waals surface area contributed by atoms with Crippen LogP contribution in [0.2, 0.25) is 0 Å². The molecule has 0 saturated heterocycles. The molecule has 2 aromatic rings. The number of benzene rings is 1. The van der Waals surface area contributed by atoms with Gasteiger partial charge in [-0.2, -0.15) is 0 Å². The molecular weight excluding hydrogens is 338 g/mol. The van der Waals surface area contributed by atoms with E-state index in [1.807, 2.05) is 32.0 Å². The quantitative estimate of drug-likeness (QED) is 0.774. The minimum Gasteiger partial charge on any atom is -0.494 e. The van der Waals surface area contributed by atoms with Crippen LogP contribution < -0.4 is 15.0 Å². The van der Waals surface area contributed by atoms with E-state index in [2.05, 4.69) is 14.9 Å². The Hall–Kier alpha value is -2.12. The van der Waals surface area contributed by atoms with Crippen LogP contribution in [-0.4, -0.2) is 34.6 Å². The number of aromatic nitrogens is 2. The van der Waals surface area contributed by atoms with Gasteiger partial charge in [0.1, 0.15) is 11.5 Å². The Bertz CT molecular complexity index is 859. The lowest BCUT2D eigenvalue weighted by Crippen LogP contribution is -2.35. The summed E-state index contributed by atoms with van der Waals surface area (Å²) >= 11 is 5.09. The second-order valence-electron chi connectivity index (χ2n) is 5.96. The largest absolute Gasteiger partial charge is 0.494 e. The lowest BCUT2D eigenvalue weighted by molar-refractivity contribution is 0.233. The Morgan fingerprint density at radius 3 is 2.76 bits per heavy atom. The molecule has 3 rings (SSSR count). The smallest absolute Gasteiger partial charge is 0.255 e. The Kier molecular flexibility index (Phi) is 5.55. The number of hydrogen-bond acceptors (Lipinski definition) is 5. The highest BCUT2D eigenvalue weighted by molar-refractivity contribution is 7.71. The standard InChI is InChI=1S/C18H23N3O3S/c1-3-23-13-5-6-16(24-4-2)12(9-13)10-21-8-7-14-15(11-21)19-18(25)20-17(14)22/h5-6,9H,3-4,7-8,10-11H2,1-2H3,(H2,19,20,22,25). The fourth-order valence-electron chi connectivity index (χ4n) is 3.14. The Labute approximate surface area is 151 Å². The van der Waals surface area contributed by atoms with Crippen molar-refractivity contribution >= 4 is 12.2 Å². The zero-order valence-electron chi connectivity index (χ0n) is 14.6. The van der Waals surface area contributed by atoms with Gasteiger partial charge in [0.2, 0.25) is 0 Å². The first kappa shape index (κ1) is 17.7. The van der Waals surface area contributed by atoms with Crippen molar-refractivity contribution in [3.8, 4) is 11.5 Å². The molecule has 1 aliphatic rings. The summed E-state index contributed by atoms with van der Waals surface area (Å²) in [5.41, 5.74) is 2.71. The summed E-state index contributed by atoms with van der Waals surface area (Å²) in [6.07, 6.45) is 0.700. The molecule has 2 heterocycles. The monoisotopic (exact) mass is 361 g/mol. The highest BCUT2D eigenvalue weighted by Crippen LogP contribution is 2.27. The maximum absolute atomic E-state index is 12.0. The van der Waals surface area contributed by atoms with Crippen molar-refractivity contribution in [1.82, 2.24) is 14.9 Å². The van der Waals surface area contributed by atoms with Crippen LogP contribution in [0.1, 0.15) is 30.7 Å². The maximum Gasteiger partial charge on any atom is 0.255 e. The second kappa shape index (κ2) is 7.84. The molecule has 0 unspecified atom stereocenters. The third-order valence-corrected chi connectivity index (χ3v) is 4.43. The molecular formula is C18H23N3O3S. The van der Waals surface area contributed by atoms with E-state index < -0.39 is 0 Å². The molecule has 2 N–H and O–H groups in total. The van der Waals surface area contributed by atoms with Gasteiger partial charge in [0.05, 0.1) is 13.2 Å². The van der Waals surface area contributed by atoms with Crippen LogP contribution in [-0.2, 0) is 19.5 Å². The van der Waals surface area contributed by atoms with Gasteiger partial charge in [-0.25, -0.2) is 0 Å². The van der Waals surface area contributed by atoms with Crippen LogP contribution in [0, 0.1) is 4.77 Å². The van der Waals surface area contributed by atoms with Gasteiger partial charge in [0.15, 0.2) is 4.77 Å². The van der Waals surface area contributed by atoms with Crippen molar-refractivity contribution in [2.24, 2.45) is 0 Å². The molecule has 7 heteroatoms. The van der Waals surface area contributed by atoms with Crippen LogP contribution in [0.15, 0.2) is 23.0 Å². The molecule has 0 atom stereocenters. The van der Waals surface area contributed by atoms with E-state index in [0.717, 1.165) is 41.4 Å². The van der Waals surface area contributed by atoms with Crippen LogP contribution in [0.25, 0.3) is 0 Å². The Balaban J connectivity index is 1.83. The van der Waals surface area contributed by atoms with Crippen LogP contribution in [0.3, 0.4) is 0 Å². The van der Waals surface area contributed by atoms with Gasteiger partial charge in [-0.3, -0.25) is 14.7 Å². The number of ether oxygens (including phenoxy) is 2. The van der Waals surface area contributed by atoms with Gasteiger partial charge >= 0.3 is 0 Å². The highest BCUT2D eigenvalue weighted by Gasteiger charge is 2.21. The van der Waals surface area contributed by atoms with E-state index >= 15 is 0 Å². The van der Waals surface area contributed by atoms with Crippen LogP contribution >= 0.6 is 12.2 Å². The van der Waals surface area contributed by atoms with Crippen molar-refractivity contribution < 1.29 is 9.47 Å². The van der Waals surface area contributed by atoms with Gasteiger partial charge in [-0.15, -0.1) is 0 Å². The van der Waals surface area contributed by atoms with E-state index in [9.17, 15) is 4.79 Å². The first-order chi connectivity index (χ1) is 12.1. The van der Waals surface area contributed by atoms with E-state index in [1.54, 1.807) is 0 Å². The molecule has 6 nitrogen and oxygen atoms in total. The minimum absolute atomic E-state index is 0.0771. The lowest BCUT2D eigenvalue weighted by Gasteiger charge is -2.28. The van der Waals surface area contributed by atoms with E-state index in [0.29, 0.717) is 31.0 Å². The summed E-state index contributed by atoms with van der Waals surface area (Å²) in [6.45, 7) is 7.39. The summed E-state index contributed by atoms with van der Waals surface area (Å²) < 4.78 is 11.7. The summed E-state index contributed by atoms with van der Waals surface area (Å²) in [7, 11) is 0. The summed E-state index contributed by atoms with van der Waals surface area (Å²) in [6, 6.07) is 5.92. The highest BCUT2D eigenvalue weighted by atomic mass is 32.1. The van der Waals surface area contributed by atoms with Crippen molar-refractivity contribution in [2.45, 2.75) is 33.4 Å². The summed E-state index contributed by atoms with van der Waals surface area (Å²) in [5.74, 6) is 1.71. The van der Waals surface area contributed by atoms with Crippen LogP contribution in [0.5, 0.6) is 11.5 Å². The topological polar surface area (TPSA) is 70.3 Å². The fourth-order valence-corrected chi connectivity index (χ4v) is 3.36. The minimum atomic E-state index is -0.0771. The van der Waals surface area contributed by atoms with E-state index in [4.69, 9.17) is 21.7 Å². The Morgan fingerprint density at radius 1 is 1.20 bits per heavy atom. The van der Waals surface area contributed by atoms with Crippen molar-refractivity contribution in [3.63, 3.8) is 0 Å². The van der Waals surface area contributed by atoms with Crippen LogP contribution in [0.4, 0.5) is 0 Å². The number of nitrogens with zero attached hydrogens (tertiary/aromatic N) is 1. The molecule has 25 heavy (non-hydrogen) atoms. The average Bonchev–Trinajstić information content (AvgIpc) is 2.57. The molecule has 1 aliphatic heterocycles. The third kappa shape index (κ3) is 4.11. The van der Waals surface area contributed by atoms with Gasteiger partial charge in [-0.1, -0.05) is 0 Å². The molecule has 0 aliphatic carbocycles. The van der Waals surface area contributed by atoms with E-state index in [1.165, 1.54) is 0 Å². The molecule has 0 spiro atoms. The maximum atomic E-state index is 12.0. The first-order valence-electron chi connectivity index (χ1n) is 8.56. The zero-order chi connectivity index (χ0) is 17.8. The molecule has 0 saturated carbocycles. The van der Waals surface area contributed by atoms with Crippen molar-refractivity contribution in [3.05, 3.63) is 50.1 Å². The fraction of sp³-hybridized carbons (Fsp3) is 0.444. The molecule has 1 aromatic carbocycles. The molecule has 0 bridgehead atoms. The predicted octanol–water partition coefficient (Wildman–Crippen LogP) is 2.79. The number of nitrogens with one attached hydrogen (secondary N) is 2. The molecule has 134 valence electrons. The van der Waals surface area contributed by atoms with Gasteiger partial charge in [0.25, 0.3) is 5.56 Å². The number of aromatic amines is 2. The molecule has 0 fully saturated rings. The second-order valence-corrected chi connectivity index (χ2v) is 6.37. The number of rotatable bonds is 6. The SMILES string of the molecule is CCOc1ccc(OCC)c(CN2CCc3c([nH]c(=S)[nH]c3=O)C2)c1. The number of hydrogen-bond donors (Lipinski definition) is 2. The Morgan fingerprint density at radius 2 is 2.00 bits per heavy atom. The van der Waals surface area contributed by atoms with Gasteiger partial charge < -0.3 is 14.5 Å². The number of fused-ring (bicyclic) bond motifs is 1. The lowest BCUT2D eigenvalue weighted by atomic mass is 10.1. The molecule has 0 radical (unpaired) electrons. The first-order valence-corrected chi connectivity index (χ1v) is 8.96. The van der Waals surface area contributed by atoms with Gasteiger partial charge in [-0.05, 0) is 50.7 Å². The normalized spacial score (nSPS) is 14.2. The number of H-pyrrole nitrogens is 2. The third-order valence-electron chi connectivity index (χ3n) is 4.23. The molecule has 1 aromatic heterocycles. The van der Waals surface area contributed by atoms with E-state index in [-0.39, 0.29) is 5.56 Å². The average molecular weight is 361 g/mol. The van der Waals surface area contributed by atoms with Gasteiger partial charge in [0, 0.05) is 36.5 Å². The predicted molar refractivity (Wildman–Crippen MR) is 98.8 cm³/mol. The van der Waals surface area contributed by atoms with Crippen molar-refractivity contribution in [2.75, 3.05) is 19.8 Å². The summed E-state index contributed by atoms with van der Waals surface area (Å²) in [5, 5.41) is 0. The summed E-state index contributed by atoms with van der Waals surface area (Å²) in [4.78, 5) is 20.1. The van der Waals surface area contributed by atoms with Crippen molar-refractivity contribution in [1.29, 1.82) is 0 Å². The zero-order valence-corrected chi connectivity index (χ0v) is 15.4. The molecule has 0 amide bonds.